The lowest BCUT2D eigenvalue weighted by molar-refractivity contribution is 0.193. The minimum atomic E-state index is -0.500. The highest BCUT2D eigenvalue weighted by Crippen LogP contribution is 2.30. The van der Waals surface area contributed by atoms with Gasteiger partial charge in [0.15, 0.2) is 0 Å². The summed E-state index contributed by atoms with van der Waals surface area (Å²) in [5, 5.41) is 14.1. The molecular formula is C12H13BrN2OS. The van der Waals surface area contributed by atoms with Crippen LogP contribution in [0.25, 0.3) is 0 Å². The molecule has 1 aromatic heterocycles. The molecule has 1 N–H and O–H groups in total. The summed E-state index contributed by atoms with van der Waals surface area (Å²) in [5.74, 6) is 0.613. The first-order chi connectivity index (χ1) is 8.18. The van der Waals surface area contributed by atoms with E-state index in [1.54, 1.807) is 22.6 Å². The normalized spacial score (nSPS) is 12.6. The van der Waals surface area contributed by atoms with Gasteiger partial charge in [0.05, 0.1) is 5.69 Å². The van der Waals surface area contributed by atoms with E-state index in [1.165, 1.54) is 0 Å². The summed E-state index contributed by atoms with van der Waals surface area (Å²) >= 11 is 5.11. The summed E-state index contributed by atoms with van der Waals surface area (Å²) in [6.45, 7) is 0. The molecule has 0 amide bonds. The van der Waals surface area contributed by atoms with Gasteiger partial charge in [0.25, 0.3) is 0 Å². The zero-order chi connectivity index (χ0) is 12.3. The Kier molecular flexibility index (Phi) is 4.25. The van der Waals surface area contributed by atoms with Gasteiger partial charge in [-0.25, -0.2) is 0 Å². The van der Waals surface area contributed by atoms with Gasteiger partial charge in [0.2, 0.25) is 0 Å². The zero-order valence-electron chi connectivity index (χ0n) is 9.38. The SMILES string of the molecule is Cn1nccc1C(O)CSc1ccccc1Br. The van der Waals surface area contributed by atoms with Gasteiger partial charge < -0.3 is 5.11 Å². The van der Waals surface area contributed by atoms with Crippen molar-refractivity contribution in [2.45, 2.75) is 11.0 Å². The molecule has 2 aromatic rings. The summed E-state index contributed by atoms with van der Waals surface area (Å²) in [7, 11) is 1.83. The third kappa shape index (κ3) is 3.12. The number of rotatable bonds is 4. The quantitative estimate of drug-likeness (QED) is 0.882. The summed E-state index contributed by atoms with van der Waals surface area (Å²) in [4.78, 5) is 1.13. The Balaban J connectivity index is 2.00. The van der Waals surface area contributed by atoms with E-state index in [9.17, 15) is 5.11 Å². The Labute approximate surface area is 113 Å². The van der Waals surface area contributed by atoms with Gasteiger partial charge in [0.1, 0.15) is 6.10 Å². The number of hydrogen-bond acceptors (Lipinski definition) is 3. The highest BCUT2D eigenvalue weighted by atomic mass is 79.9. The van der Waals surface area contributed by atoms with Crippen molar-refractivity contribution in [1.82, 2.24) is 9.78 Å². The van der Waals surface area contributed by atoms with Gasteiger partial charge in [0, 0.05) is 28.4 Å². The van der Waals surface area contributed by atoms with Crippen LogP contribution in [0.5, 0.6) is 0 Å². The molecule has 1 atom stereocenters. The van der Waals surface area contributed by atoms with Crippen LogP contribution in [0.15, 0.2) is 45.9 Å². The van der Waals surface area contributed by atoms with E-state index in [0.717, 1.165) is 15.1 Å². The number of nitrogens with zero attached hydrogens (tertiary/aromatic N) is 2. The second kappa shape index (κ2) is 5.71. The Bertz CT molecular complexity index is 501. The second-order valence-corrected chi connectivity index (χ2v) is 5.55. The van der Waals surface area contributed by atoms with Crippen molar-refractivity contribution in [3.05, 3.63) is 46.7 Å². The second-order valence-electron chi connectivity index (χ2n) is 3.64. The van der Waals surface area contributed by atoms with Gasteiger partial charge in [-0.15, -0.1) is 11.8 Å². The molecule has 0 radical (unpaired) electrons. The smallest absolute Gasteiger partial charge is 0.105 e. The van der Waals surface area contributed by atoms with E-state index >= 15 is 0 Å². The molecule has 1 aromatic carbocycles. The van der Waals surface area contributed by atoms with Crippen LogP contribution in [-0.4, -0.2) is 20.6 Å². The first-order valence-corrected chi connectivity index (χ1v) is 6.99. The lowest BCUT2D eigenvalue weighted by atomic mass is 10.3. The molecule has 3 nitrogen and oxygen atoms in total. The average Bonchev–Trinajstić information content (AvgIpc) is 2.74. The van der Waals surface area contributed by atoms with Crippen LogP contribution in [0.1, 0.15) is 11.8 Å². The lowest BCUT2D eigenvalue weighted by Gasteiger charge is -2.11. The molecule has 0 aliphatic carbocycles. The number of aliphatic hydroxyl groups excluding tert-OH is 1. The molecule has 0 saturated heterocycles. The molecule has 0 saturated carbocycles. The van der Waals surface area contributed by atoms with Crippen LogP contribution in [0.4, 0.5) is 0 Å². The van der Waals surface area contributed by atoms with Crippen LogP contribution in [-0.2, 0) is 7.05 Å². The van der Waals surface area contributed by atoms with Gasteiger partial charge in [-0.3, -0.25) is 4.68 Å². The highest BCUT2D eigenvalue weighted by molar-refractivity contribution is 9.10. The maximum Gasteiger partial charge on any atom is 0.105 e. The molecule has 0 spiro atoms. The fourth-order valence-corrected chi connectivity index (χ4v) is 3.04. The van der Waals surface area contributed by atoms with Gasteiger partial charge in [-0.2, -0.15) is 5.10 Å². The molecule has 1 heterocycles. The Morgan fingerprint density at radius 3 is 2.82 bits per heavy atom. The number of thioether (sulfide) groups is 1. The summed E-state index contributed by atoms with van der Waals surface area (Å²) < 4.78 is 2.76. The molecule has 0 aliphatic heterocycles. The third-order valence-corrected chi connectivity index (χ3v) is 4.54. The summed E-state index contributed by atoms with van der Waals surface area (Å²) in [6.07, 6.45) is 1.20. The van der Waals surface area contributed by atoms with E-state index < -0.39 is 6.10 Å². The van der Waals surface area contributed by atoms with E-state index in [2.05, 4.69) is 21.0 Å². The summed E-state index contributed by atoms with van der Waals surface area (Å²) in [5.41, 5.74) is 0.838. The van der Waals surface area contributed by atoms with E-state index in [0.29, 0.717) is 5.75 Å². The van der Waals surface area contributed by atoms with Crippen molar-refractivity contribution in [3.63, 3.8) is 0 Å². The molecule has 1 unspecified atom stereocenters. The van der Waals surface area contributed by atoms with Crippen molar-refractivity contribution >= 4 is 27.7 Å². The minimum Gasteiger partial charge on any atom is -0.386 e. The number of halogens is 1. The topological polar surface area (TPSA) is 38.0 Å². The molecular weight excluding hydrogens is 300 g/mol. The lowest BCUT2D eigenvalue weighted by Crippen LogP contribution is -2.07. The van der Waals surface area contributed by atoms with Crippen LogP contribution >= 0.6 is 27.7 Å². The largest absolute Gasteiger partial charge is 0.386 e. The zero-order valence-corrected chi connectivity index (χ0v) is 11.8. The van der Waals surface area contributed by atoms with Gasteiger partial charge in [-0.05, 0) is 34.1 Å². The fourth-order valence-electron chi connectivity index (χ4n) is 1.53. The maximum atomic E-state index is 10.0. The first-order valence-electron chi connectivity index (χ1n) is 5.22. The number of aryl methyl sites for hydroxylation is 1. The monoisotopic (exact) mass is 312 g/mol. The molecule has 90 valence electrons. The predicted octanol–water partition coefficient (Wildman–Crippen LogP) is 3.01. The minimum absolute atomic E-state index is 0.500. The maximum absolute atomic E-state index is 10.0. The molecule has 5 heteroatoms. The van der Waals surface area contributed by atoms with Gasteiger partial charge >= 0.3 is 0 Å². The van der Waals surface area contributed by atoms with Crippen LogP contribution in [0, 0.1) is 0 Å². The Morgan fingerprint density at radius 2 is 2.18 bits per heavy atom. The molecule has 17 heavy (non-hydrogen) atoms. The van der Waals surface area contributed by atoms with Crippen molar-refractivity contribution < 1.29 is 5.11 Å². The molecule has 2 rings (SSSR count). The van der Waals surface area contributed by atoms with Crippen LogP contribution < -0.4 is 0 Å². The molecule has 0 aliphatic rings. The standard InChI is InChI=1S/C12H13BrN2OS/c1-15-10(6-7-14-15)11(16)8-17-12-5-3-2-4-9(12)13/h2-7,11,16H,8H2,1H3. The van der Waals surface area contributed by atoms with E-state index in [1.807, 2.05) is 37.4 Å². The number of benzene rings is 1. The van der Waals surface area contributed by atoms with Crippen molar-refractivity contribution in [2.24, 2.45) is 7.05 Å². The van der Waals surface area contributed by atoms with Crippen molar-refractivity contribution in [2.75, 3.05) is 5.75 Å². The predicted molar refractivity (Wildman–Crippen MR) is 73.0 cm³/mol. The third-order valence-electron chi connectivity index (χ3n) is 2.43. The molecule has 0 bridgehead atoms. The van der Waals surface area contributed by atoms with Crippen LogP contribution in [0.2, 0.25) is 0 Å². The Morgan fingerprint density at radius 1 is 1.41 bits per heavy atom. The van der Waals surface area contributed by atoms with Crippen molar-refractivity contribution in [3.8, 4) is 0 Å². The highest BCUT2D eigenvalue weighted by Gasteiger charge is 2.12. The number of hydrogen-bond donors (Lipinski definition) is 1. The van der Waals surface area contributed by atoms with Gasteiger partial charge in [-0.1, -0.05) is 12.1 Å². The first kappa shape index (κ1) is 12.7. The number of aromatic nitrogens is 2. The van der Waals surface area contributed by atoms with Crippen molar-refractivity contribution in [1.29, 1.82) is 0 Å². The number of aliphatic hydroxyl groups is 1. The Hall–Kier alpha value is -0.780. The average molecular weight is 313 g/mol. The van der Waals surface area contributed by atoms with Crippen LogP contribution in [0.3, 0.4) is 0 Å². The van der Waals surface area contributed by atoms with E-state index in [-0.39, 0.29) is 0 Å². The van der Waals surface area contributed by atoms with E-state index in [4.69, 9.17) is 0 Å². The summed E-state index contributed by atoms with van der Waals surface area (Å²) in [6, 6.07) is 9.84. The fraction of sp³-hybridized carbons (Fsp3) is 0.250. The molecule has 0 fully saturated rings.